The van der Waals surface area contributed by atoms with E-state index < -0.39 is 0 Å². The molecule has 16 heavy (non-hydrogen) atoms. The first-order valence-corrected chi connectivity index (χ1v) is 6.01. The van der Waals surface area contributed by atoms with Gasteiger partial charge in [-0.05, 0) is 31.6 Å². The van der Waals surface area contributed by atoms with Crippen molar-refractivity contribution in [3.05, 3.63) is 29.6 Å². The first-order chi connectivity index (χ1) is 7.76. The molecule has 0 fully saturated rings. The molecule has 1 aliphatic rings. The second-order valence-electron chi connectivity index (χ2n) is 4.23. The maximum Gasteiger partial charge on any atom is 0.128 e. The van der Waals surface area contributed by atoms with E-state index in [9.17, 15) is 4.39 Å². The molecule has 2 rings (SSSR count). The molecule has 0 radical (unpaired) electrons. The van der Waals surface area contributed by atoms with Crippen molar-refractivity contribution >= 4 is 5.69 Å². The van der Waals surface area contributed by atoms with Gasteiger partial charge in [-0.3, -0.25) is 4.90 Å². The van der Waals surface area contributed by atoms with Crippen molar-refractivity contribution in [2.45, 2.75) is 26.3 Å². The molecular formula is C13H19FN2. The summed E-state index contributed by atoms with van der Waals surface area (Å²) in [5.41, 5.74) is 1.80. The number of hydrogen-bond donors (Lipinski definition) is 1. The van der Waals surface area contributed by atoms with Gasteiger partial charge in [-0.2, -0.15) is 0 Å². The summed E-state index contributed by atoms with van der Waals surface area (Å²) in [5, 5.41) is 3.32. The Hall–Kier alpha value is -1.09. The van der Waals surface area contributed by atoms with E-state index in [4.69, 9.17) is 0 Å². The minimum absolute atomic E-state index is 0.0816. The summed E-state index contributed by atoms with van der Waals surface area (Å²) in [5.74, 6) is -0.0816. The number of fused-ring (bicyclic) bond motifs is 1. The average molecular weight is 222 g/mol. The third-order valence-corrected chi connectivity index (χ3v) is 3.42. The van der Waals surface area contributed by atoms with E-state index in [0.717, 1.165) is 37.3 Å². The van der Waals surface area contributed by atoms with E-state index in [1.165, 1.54) is 0 Å². The summed E-state index contributed by atoms with van der Waals surface area (Å²) in [4.78, 5) is 2.38. The van der Waals surface area contributed by atoms with Crippen molar-refractivity contribution in [1.29, 1.82) is 0 Å². The third-order valence-electron chi connectivity index (χ3n) is 3.42. The third kappa shape index (κ3) is 2.05. The lowest BCUT2D eigenvalue weighted by atomic mass is 9.98. The molecular weight excluding hydrogens is 203 g/mol. The van der Waals surface area contributed by atoms with Gasteiger partial charge in [0.25, 0.3) is 0 Å². The molecule has 0 aromatic heterocycles. The van der Waals surface area contributed by atoms with Gasteiger partial charge in [0, 0.05) is 23.8 Å². The van der Waals surface area contributed by atoms with Gasteiger partial charge in [-0.15, -0.1) is 0 Å². The van der Waals surface area contributed by atoms with Crippen LogP contribution in [0.25, 0.3) is 0 Å². The maximum absolute atomic E-state index is 13.7. The van der Waals surface area contributed by atoms with Crippen LogP contribution in [0.3, 0.4) is 0 Å². The zero-order chi connectivity index (χ0) is 11.5. The molecule has 1 N–H and O–H groups in total. The second-order valence-corrected chi connectivity index (χ2v) is 4.23. The van der Waals surface area contributed by atoms with Crippen LogP contribution >= 0.6 is 0 Å². The predicted molar refractivity (Wildman–Crippen MR) is 65.3 cm³/mol. The van der Waals surface area contributed by atoms with Gasteiger partial charge in [0.15, 0.2) is 0 Å². The van der Waals surface area contributed by atoms with Crippen LogP contribution in [0, 0.1) is 5.82 Å². The number of likely N-dealkylation sites (N-methyl/N-ethyl adjacent to an activating group) is 1. The lowest BCUT2D eigenvalue weighted by Gasteiger charge is -2.34. The van der Waals surface area contributed by atoms with E-state index in [0.29, 0.717) is 6.04 Å². The number of nitrogens with one attached hydrogen (secondary N) is 1. The first kappa shape index (κ1) is 11.4. The molecule has 1 heterocycles. The summed E-state index contributed by atoms with van der Waals surface area (Å²) in [6.07, 6.45) is 0.816. The molecule has 1 unspecified atom stereocenters. The monoisotopic (exact) mass is 222 g/mol. The fourth-order valence-corrected chi connectivity index (χ4v) is 2.47. The van der Waals surface area contributed by atoms with Crippen LogP contribution in [0.4, 0.5) is 10.1 Å². The number of nitrogens with zero attached hydrogens (tertiary/aromatic N) is 1. The van der Waals surface area contributed by atoms with Gasteiger partial charge < -0.3 is 5.32 Å². The topological polar surface area (TPSA) is 15.3 Å². The molecule has 0 saturated heterocycles. The summed E-state index contributed by atoms with van der Waals surface area (Å²) in [6, 6.07) is 5.68. The molecule has 0 aliphatic carbocycles. The Morgan fingerprint density at radius 2 is 2.12 bits per heavy atom. The van der Waals surface area contributed by atoms with E-state index in [1.807, 2.05) is 6.07 Å². The Balaban J connectivity index is 2.19. The fraction of sp³-hybridized carbons (Fsp3) is 0.538. The van der Waals surface area contributed by atoms with Crippen molar-refractivity contribution < 1.29 is 4.39 Å². The highest BCUT2D eigenvalue weighted by Crippen LogP contribution is 2.26. The van der Waals surface area contributed by atoms with Crippen LogP contribution in [-0.4, -0.2) is 30.6 Å². The molecule has 1 aromatic carbocycles. The van der Waals surface area contributed by atoms with Crippen molar-refractivity contribution in [1.82, 2.24) is 4.90 Å². The van der Waals surface area contributed by atoms with E-state index >= 15 is 0 Å². The summed E-state index contributed by atoms with van der Waals surface area (Å²) in [6.45, 7) is 7.26. The summed E-state index contributed by atoms with van der Waals surface area (Å²) in [7, 11) is 0. The number of hydrogen-bond acceptors (Lipinski definition) is 2. The zero-order valence-corrected chi connectivity index (χ0v) is 9.96. The van der Waals surface area contributed by atoms with E-state index in [1.54, 1.807) is 12.1 Å². The molecule has 3 heteroatoms. The average Bonchev–Trinajstić information content (AvgIpc) is 2.32. The minimum Gasteiger partial charge on any atom is -0.383 e. The number of rotatable bonds is 3. The van der Waals surface area contributed by atoms with Crippen LogP contribution in [0.15, 0.2) is 18.2 Å². The molecule has 0 spiro atoms. The lowest BCUT2D eigenvalue weighted by Crippen LogP contribution is -2.44. The van der Waals surface area contributed by atoms with Gasteiger partial charge in [0.05, 0.1) is 0 Å². The quantitative estimate of drug-likeness (QED) is 0.845. The van der Waals surface area contributed by atoms with E-state index in [2.05, 4.69) is 24.1 Å². The van der Waals surface area contributed by atoms with Crippen molar-refractivity contribution in [2.75, 3.05) is 25.0 Å². The molecule has 1 aliphatic heterocycles. The smallest absolute Gasteiger partial charge is 0.128 e. The second kappa shape index (κ2) is 4.83. The highest BCUT2D eigenvalue weighted by molar-refractivity contribution is 5.54. The normalized spacial score (nSPS) is 19.4. The Morgan fingerprint density at radius 1 is 1.38 bits per heavy atom. The molecule has 0 amide bonds. The molecule has 0 bridgehead atoms. The van der Waals surface area contributed by atoms with E-state index in [-0.39, 0.29) is 5.82 Å². The van der Waals surface area contributed by atoms with Crippen LogP contribution in [-0.2, 0) is 6.42 Å². The molecule has 0 saturated carbocycles. The standard InChI is InChI=1S/C13H19FN2/c1-3-16(4-2)10-8-11-12(14)6-5-7-13(11)15-9-10/h5-7,10,15H,3-4,8-9H2,1-2H3. The Bertz CT molecular complexity index is 361. The predicted octanol–water partition coefficient (Wildman–Crippen LogP) is 2.50. The molecule has 88 valence electrons. The van der Waals surface area contributed by atoms with Crippen molar-refractivity contribution in [2.24, 2.45) is 0 Å². The van der Waals surface area contributed by atoms with Crippen LogP contribution in [0.1, 0.15) is 19.4 Å². The Kier molecular flexibility index (Phi) is 3.44. The number of halogens is 1. The Morgan fingerprint density at radius 3 is 2.81 bits per heavy atom. The van der Waals surface area contributed by atoms with Crippen LogP contribution in [0.5, 0.6) is 0 Å². The lowest BCUT2D eigenvalue weighted by molar-refractivity contribution is 0.220. The Labute approximate surface area is 96.5 Å². The molecule has 1 aromatic rings. The zero-order valence-electron chi connectivity index (χ0n) is 9.96. The van der Waals surface area contributed by atoms with Crippen LogP contribution in [0.2, 0.25) is 0 Å². The van der Waals surface area contributed by atoms with Crippen molar-refractivity contribution in [3.8, 4) is 0 Å². The number of benzene rings is 1. The SMILES string of the molecule is CCN(CC)C1CNc2cccc(F)c2C1. The van der Waals surface area contributed by atoms with Crippen molar-refractivity contribution in [3.63, 3.8) is 0 Å². The maximum atomic E-state index is 13.7. The van der Waals surface area contributed by atoms with Gasteiger partial charge in [0.1, 0.15) is 5.82 Å². The van der Waals surface area contributed by atoms with Crippen LogP contribution < -0.4 is 5.32 Å². The first-order valence-electron chi connectivity index (χ1n) is 6.01. The summed E-state index contributed by atoms with van der Waals surface area (Å²) >= 11 is 0. The highest BCUT2D eigenvalue weighted by atomic mass is 19.1. The van der Waals surface area contributed by atoms with Gasteiger partial charge >= 0.3 is 0 Å². The van der Waals surface area contributed by atoms with Gasteiger partial charge in [-0.25, -0.2) is 4.39 Å². The minimum atomic E-state index is -0.0816. The summed E-state index contributed by atoms with van der Waals surface area (Å²) < 4.78 is 13.7. The largest absolute Gasteiger partial charge is 0.383 e. The molecule has 2 nitrogen and oxygen atoms in total. The fourth-order valence-electron chi connectivity index (χ4n) is 2.47. The van der Waals surface area contributed by atoms with Gasteiger partial charge in [-0.1, -0.05) is 19.9 Å². The molecule has 1 atom stereocenters. The highest BCUT2D eigenvalue weighted by Gasteiger charge is 2.23. The van der Waals surface area contributed by atoms with Gasteiger partial charge in [0.2, 0.25) is 0 Å². The number of anilines is 1.